The normalized spacial score (nSPS) is 15.5. The lowest BCUT2D eigenvalue weighted by Crippen LogP contribution is -2.36. The van der Waals surface area contributed by atoms with Crippen molar-refractivity contribution in [1.29, 1.82) is 0 Å². The molecule has 34 heavy (non-hydrogen) atoms. The van der Waals surface area contributed by atoms with Crippen LogP contribution < -0.4 is 4.74 Å². The topological polar surface area (TPSA) is 56.6 Å². The predicted octanol–water partition coefficient (Wildman–Crippen LogP) is 5.42. The molecule has 1 saturated heterocycles. The molecule has 180 valence electrons. The third kappa shape index (κ3) is 5.28. The highest BCUT2D eigenvalue weighted by atomic mass is 19.1. The average molecular weight is 470 g/mol. The van der Waals surface area contributed by atoms with Gasteiger partial charge in [-0.05, 0) is 43.5 Å². The molecule has 2 heterocycles. The van der Waals surface area contributed by atoms with Crippen LogP contribution in [-0.2, 0) is 22.5 Å². The molecule has 0 spiro atoms. The second-order valence-corrected chi connectivity index (χ2v) is 8.27. The second kappa shape index (κ2) is 10.8. The van der Waals surface area contributed by atoms with Crippen molar-refractivity contribution in [3.8, 4) is 17.3 Å². The van der Waals surface area contributed by atoms with Gasteiger partial charge in [0.15, 0.2) is 11.6 Å². The number of amides is 1. The molecule has 3 aromatic rings. The minimum Gasteiger partial charge on any atom is -0.435 e. The number of carbonyl (C=O) groups is 1. The smallest absolute Gasteiger partial charge is 0.228 e. The van der Waals surface area contributed by atoms with Crippen LogP contribution in [0.1, 0.15) is 44.4 Å². The minimum absolute atomic E-state index is 0.0103. The zero-order valence-corrected chi connectivity index (χ0v) is 19.5. The van der Waals surface area contributed by atoms with Crippen LogP contribution in [0.3, 0.4) is 0 Å². The highest BCUT2D eigenvalue weighted by molar-refractivity contribution is 5.76. The van der Waals surface area contributed by atoms with Crippen LogP contribution in [0.5, 0.6) is 11.6 Å². The number of rotatable bonds is 9. The Labute approximate surface area is 198 Å². The van der Waals surface area contributed by atoms with E-state index >= 15 is 0 Å². The molecule has 1 amide bonds. The summed E-state index contributed by atoms with van der Waals surface area (Å²) in [7, 11) is 0. The van der Waals surface area contributed by atoms with E-state index in [9.17, 15) is 13.6 Å². The summed E-state index contributed by atoms with van der Waals surface area (Å²) in [5.74, 6) is -1.33. The van der Waals surface area contributed by atoms with E-state index in [1.165, 1.54) is 6.07 Å². The zero-order chi connectivity index (χ0) is 24.1. The van der Waals surface area contributed by atoms with E-state index < -0.39 is 11.6 Å². The third-order valence-corrected chi connectivity index (χ3v) is 5.91. The molecule has 1 atom stereocenters. The highest BCUT2D eigenvalue weighted by Gasteiger charge is 2.27. The first-order valence-electron chi connectivity index (χ1n) is 11.7. The molecular weight excluding hydrogens is 440 g/mol. The monoisotopic (exact) mass is 469 g/mol. The SMILES string of the molecule is CCC(=O)N(Cc1c(CC)nn(-c2ccccc2)c1Oc1ccc(F)cc1F)CC1CCCO1. The first kappa shape index (κ1) is 23.9. The van der Waals surface area contributed by atoms with Gasteiger partial charge < -0.3 is 14.4 Å². The average Bonchev–Trinajstić information content (AvgIpc) is 3.48. The van der Waals surface area contributed by atoms with Crippen molar-refractivity contribution in [2.75, 3.05) is 13.2 Å². The van der Waals surface area contributed by atoms with Crippen LogP contribution in [-0.4, -0.2) is 39.8 Å². The fourth-order valence-electron chi connectivity index (χ4n) is 4.14. The van der Waals surface area contributed by atoms with E-state index in [1.807, 2.05) is 44.2 Å². The Morgan fingerprint density at radius 2 is 2.00 bits per heavy atom. The summed E-state index contributed by atoms with van der Waals surface area (Å²) in [6.45, 7) is 5.21. The molecule has 1 aliphatic rings. The van der Waals surface area contributed by atoms with Crippen molar-refractivity contribution >= 4 is 5.91 Å². The number of benzene rings is 2. The summed E-state index contributed by atoms with van der Waals surface area (Å²) in [6.07, 6.45) is 2.81. The van der Waals surface area contributed by atoms with Gasteiger partial charge in [-0.1, -0.05) is 32.0 Å². The Morgan fingerprint density at radius 1 is 1.21 bits per heavy atom. The van der Waals surface area contributed by atoms with Gasteiger partial charge >= 0.3 is 0 Å². The van der Waals surface area contributed by atoms with Gasteiger partial charge in [0.05, 0.1) is 29.6 Å². The lowest BCUT2D eigenvalue weighted by atomic mass is 10.1. The lowest BCUT2D eigenvalue weighted by Gasteiger charge is -2.25. The maximum absolute atomic E-state index is 14.5. The van der Waals surface area contributed by atoms with Gasteiger partial charge in [0.2, 0.25) is 11.8 Å². The summed E-state index contributed by atoms with van der Waals surface area (Å²) in [5.41, 5.74) is 2.16. The Kier molecular flexibility index (Phi) is 7.57. The Hall–Kier alpha value is -3.26. The fraction of sp³-hybridized carbons (Fsp3) is 0.385. The Balaban J connectivity index is 1.77. The van der Waals surface area contributed by atoms with Gasteiger partial charge in [-0.2, -0.15) is 5.10 Å². The molecular formula is C26H29F2N3O3. The summed E-state index contributed by atoms with van der Waals surface area (Å²) in [5, 5.41) is 4.74. The molecule has 4 rings (SSSR count). The Morgan fingerprint density at radius 3 is 2.65 bits per heavy atom. The Bertz CT molecular complexity index is 1130. The number of para-hydroxylation sites is 1. The van der Waals surface area contributed by atoms with Crippen LogP contribution in [0.2, 0.25) is 0 Å². The van der Waals surface area contributed by atoms with Gasteiger partial charge in [-0.3, -0.25) is 4.79 Å². The van der Waals surface area contributed by atoms with E-state index in [4.69, 9.17) is 14.6 Å². The lowest BCUT2D eigenvalue weighted by molar-refractivity contribution is -0.133. The maximum atomic E-state index is 14.5. The molecule has 8 heteroatoms. The van der Waals surface area contributed by atoms with Gasteiger partial charge in [0.1, 0.15) is 5.82 Å². The number of nitrogens with zero attached hydrogens (tertiary/aromatic N) is 3. The molecule has 1 fully saturated rings. The number of hydrogen-bond donors (Lipinski definition) is 0. The van der Waals surface area contributed by atoms with Crippen molar-refractivity contribution in [2.24, 2.45) is 0 Å². The fourth-order valence-corrected chi connectivity index (χ4v) is 4.14. The van der Waals surface area contributed by atoms with E-state index in [2.05, 4.69) is 0 Å². The standard InChI is InChI=1S/C26H29F2N3O3/c1-3-23-21(17-30(25(32)4-2)16-20-11-8-14-33-20)26(31(29-23)19-9-6-5-7-10-19)34-24-13-12-18(27)15-22(24)28/h5-7,9-10,12-13,15,20H,3-4,8,11,14,16-17H2,1-2H3. The molecule has 1 unspecified atom stereocenters. The summed E-state index contributed by atoms with van der Waals surface area (Å²) in [4.78, 5) is 14.6. The number of aryl methyl sites for hydroxylation is 1. The molecule has 0 aliphatic carbocycles. The molecule has 1 aromatic heterocycles. The maximum Gasteiger partial charge on any atom is 0.228 e. The molecule has 0 saturated carbocycles. The van der Waals surface area contributed by atoms with E-state index in [-0.39, 0.29) is 24.3 Å². The number of carbonyl (C=O) groups excluding carboxylic acids is 1. The third-order valence-electron chi connectivity index (χ3n) is 5.91. The molecule has 2 aromatic carbocycles. The van der Waals surface area contributed by atoms with Crippen LogP contribution in [0.4, 0.5) is 8.78 Å². The zero-order valence-electron chi connectivity index (χ0n) is 19.5. The second-order valence-electron chi connectivity index (χ2n) is 8.27. The highest BCUT2D eigenvalue weighted by Crippen LogP contribution is 2.34. The van der Waals surface area contributed by atoms with Gasteiger partial charge in [0.25, 0.3) is 0 Å². The van der Waals surface area contributed by atoms with Crippen molar-refractivity contribution < 1.29 is 23.0 Å². The number of halogens is 2. The molecule has 0 bridgehead atoms. The summed E-state index contributed by atoms with van der Waals surface area (Å²) >= 11 is 0. The van der Waals surface area contributed by atoms with E-state index in [0.717, 1.165) is 36.4 Å². The van der Waals surface area contributed by atoms with Crippen LogP contribution in [0.15, 0.2) is 48.5 Å². The van der Waals surface area contributed by atoms with Gasteiger partial charge in [-0.25, -0.2) is 13.5 Å². The van der Waals surface area contributed by atoms with Crippen molar-refractivity contribution in [3.63, 3.8) is 0 Å². The molecule has 6 nitrogen and oxygen atoms in total. The van der Waals surface area contributed by atoms with Crippen molar-refractivity contribution in [1.82, 2.24) is 14.7 Å². The minimum atomic E-state index is -0.814. The summed E-state index contributed by atoms with van der Waals surface area (Å²) in [6, 6.07) is 12.5. The first-order chi connectivity index (χ1) is 16.5. The van der Waals surface area contributed by atoms with E-state index in [1.54, 1.807) is 9.58 Å². The van der Waals surface area contributed by atoms with Crippen molar-refractivity contribution in [3.05, 3.63) is 71.4 Å². The predicted molar refractivity (Wildman–Crippen MR) is 124 cm³/mol. The molecule has 0 radical (unpaired) electrons. The van der Waals surface area contributed by atoms with Crippen LogP contribution in [0.25, 0.3) is 5.69 Å². The van der Waals surface area contributed by atoms with Crippen LogP contribution >= 0.6 is 0 Å². The largest absolute Gasteiger partial charge is 0.435 e. The quantitative estimate of drug-likeness (QED) is 0.420. The molecule has 1 aliphatic heterocycles. The van der Waals surface area contributed by atoms with Gasteiger partial charge in [-0.15, -0.1) is 0 Å². The van der Waals surface area contributed by atoms with E-state index in [0.29, 0.717) is 37.4 Å². The van der Waals surface area contributed by atoms with Crippen LogP contribution in [0, 0.1) is 11.6 Å². The van der Waals surface area contributed by atoms with Gasteiger partial charge in [0, 0.05) is 25.6 Å². The number of ether oxygens (including phenoxy) is 2. The van der Waals surface area contributed by atoms with Crippen molar-refractivity contribution in [2.45, 2.75) is 52.2 Å². The summed E-state index contributed by atoms with van der Waals surface area (Å²) < 4.78 is 41.4. The number of hydrogen-bond acceptors (Lipinski definition) is 4. The number of aromatic nitrogens is 2. The molecule has 0 N–H and O–H groups in total. The first-order valence-corrected chi connectivity index (χ1v) is 11.7.